The zero-order valence-corrected chi connectivity index (χ0v) is 13.0. The highest BCUT2D eigenvalue weighted by atomic mass is 35.5. The van der Waals surface area contributed by atoms with Crippen LogP contribution in [-0.4, -0.2) is 12.1 Å². The van der Waals surface area contributed by atoms with Crippen LogP contribution in [0.3, 0.4) is 0 Å². The van der Waals surface area contributed by atoms with Crippen LogP contribution in [0, 0.1) is 20.8 Å². The van der Waals surface area contributed by atoms with E-state index in [0.717, 1.165) is 16.7 Å². The first-order chi connectivity index (χ1) is 9.99. The van der Waals surface area contributed by atoms with Crippen molar-refractivity contribution in [1.82, 2.24) is 5.43 Å². The highest BCUT2D eigenvalue weighted by molar-refractivity contribution is 6.33. The number of nitrogens with zero attached hydrogens (tertiary/aromatic N) is 1. The zero-order chi connectivity index (χ0) is 15.4. The summed E-state index contributed by atoms with van der Waals surface area (Å²) in [5.74, 6) is -0.320. The van der Waals surface area contributed by atoms with Gasteiger partial charge in [0.1, 0.15) is 0 Å². The molecule has 0 aromatic heterocycles. The Balaban J connectivity index is 2.13. The standard InChI is InChI=1S/C17H17ClN2O/c1-11-8-12(2)15(13(3)9-11)10-19-20-17(21)14-6-4-5-7-16(14)18/h4-10H,1-3H3,(H,20,21)/b19-10+. The molecule has 2 aromatic carbocycles. The van der Waals surface area contributed by atoms with Crippen LogP contribution in [0.4, 0.5) is 0 Å². The Morgan fingerprint density at radius 1 is 1.14 bits per heavy atom. The van der Waals surface area contributed by atoms with Crippen molar-refractivity contribution < 1.29 is 4.79 Å². The summed E-state index contributed by atoms with van der Waals surface area (Å²) in [4.78, 5) is 12.0. The van der Waals surface area contributed by atoms with Crippen molar-refractivity contribution in [2.45, 2.75) is 20.8 Å². The number of carbonyl (C=O) groups excluding carboxylic acids is 1. The summed E-state index contributed by atoms with van der Waals surface area (Å²) < 4.78 is 0. The third-order valence-electron chi connectivity index (χ3n) is 3.22. The number of rotatable bonds is 3. The number of carbonyl (C=O) groups is 1. The quantitative estimate of drug-likeness (QED) is 0.675. The van der Waals surface area contributed by atoms with Crippen LogP contribution < -0.4 is 5.43 Å². The van der Waals surface area contributed by atoms with Crippen LogP contribution >= 0.6 is 11.6 Å². The monoisotopic (exact) mass is 300 g/mol. The summed E-state index contributed by atoms with van der Waals surface area (Å²) in [6.45, 7) is 6.11. The molecule has 0 unspecified atom stereocenters. The van der Waals surface area contributed by atoms with Crippen LogP contribution in [0.1, 0.15) is 32.6 Å². The lowest BCUT2D eigenvalue weighted by atomic mass is 10.0. The van der Waals surface area contributed by atoms with Crippen LogP contribution in [0.25, 0.3) is 0 Å². The Labute approximate surface area is 129 Å². The van der Waals surface area contributed by atoms with Gasteiger partial charge in [0.05, 0.1) is 16.8 Å². The van der Waals surface area contributed by atoms with E-state index in [4.69, 9.17) is 11.6 Å². The first-order valence-corrected chi connectivity index (χ1v) is 7.02. The van der Waals surface area contributed by atoms with E-state index >= 15 is 0 Å². The van der Waals surface area contributed by atoms with Gasteiger partial charge in [0, 0.05) is 5.56 Å². The maximum Gasteiger partial charge on any atom is 0.272 e. The first-order valence-electron chi connectivity index (χ1n) is 6.65. The number of hydrogen-bond acceptors (Lipinski definition) is 2. The molecule has 0 atom stereocenters. The Hall–Kier alpha value is -2.13. The molecule has 1 N–H and O–H groups in total. The van der Waals surface area contributed by atoms with Gasteiger partial charge in [0.25, 0.3) is 5.91 Å². The third-order valence-corrected chi connectivity index (χ3v) is 3.55. The lowest BCUT2D eigenvalue weighted by Gasteiger charge is -2.07. The Morgan fingerprint density at radius 2 is 1.76 bits per heavy atom. The van der Waals surface area contributed by atoms with Gasteiger partial charge >= 0.3 is 0 Å². The van der Waals surface area contributed by atoms with Crippen LogP contribution in [0.15, 0.2) is 41.5 Å². The van der Waals surface area contributed by atoms with Crippen molar-refractivity contribution in [3.63, 3.8) is 0 Å². The van der Waals surface area contributed by atoms with E-state index < -0.39 is 0 Å². The lowest BCUT2D eigenvalue weighted by Crippen LogP contribution is -2.18. The van der Waals surface area contributed by atoms with E-state index in [1.807, 2.05) is 13.8 Å². The molecule has 2 aromatic rings. The maximum atomic E-state index is 12.0. The van der Waals surface area contributed by atoms with Gasteiger partial charge in [-0.05, 0) is 44.0 Å². The summed E-state index contributed by atoms with van der Waals surface area (Å²) in [6.07, 6.45) is 1.67. The number of aryl methyl sites for hydroxylation is 3. The summed E-state index contributed by atoms with van der Waals surface area (Å²) in [6, 6.07) is 11.1. The van der Waals surface area contributed by atoms with Gasteiger partial charge in [-0.1, -0.05) is 41.4 Å². The van der Waals surface area contributed by atoms with Gasteiger partial charge in [0.2, 0.25) is 0 Å². The molecule has 0 radical (unpaired) electrons. The molecule has 2 rings (SSSR count). The number of benzene rings is 2. The van der Waals surface area contributed by atoms with E-state index in [1.54, 1.807) is 30.5 Å². The maximum absolute atomic E-state index is 12.0. The van der Waals surface area contributed by atoms with Crippen molar-refractivity contribution >= 4 is 23.7 Å². The fourth-order valence-corrected chi connectivity index (χ4v) is 2.48. The Morgan fingerprint density at radius 3 is 2.38 bits per heavy atom. The highest BCUT2D eigenvalue weighted by Gasteiger charge is 2.08. The molecule has 0 aliphatic heterocycles. The smallest absolute Gasteiger partial charge is 0.267 e. The molecule has 0 saturated carbocycles. The molecule has 0 aliphatic carbocycles. The Kier molecular flexibility index (Phi) is 4.76. The van der Waals surface area contributed by atoms with Crippen molar-refractivity contribution in [3.8, 4) is 0 Å². The summed E-state index contributed by atoms with van der Waals surface area (Å²) in [5, 5.41) is 4.44. The Bertz CT molecular complexity index is 685. The number of hydrazone groups is 1. The molecule has 3 nitrogen and oxygen atoms in total. The minimum absolute atomic E-state index is 0.320. The van der Waals surface area contributed by atoms with Gasteiger partial charge in [-0.3, -0.25) is 4.79 Å². The topological polar surface area (TPSA) is 41.5 Å². The first kappa shape index (κ1) is 15.3. The normalized spacial score (nSPS) is 10.9. The van der Waals surface area contributed by atoms with Gasteiger partial charge in [-0.2, -0.15) is 5.10 Å². The van der Waals surface area contributed by atoms with Crippen LogP contribution in [0.2, 0.25) is 5.02 Å². The van der Waals surface area contributed by atoms with Crippen molar-refractivity contribution in [2.24, 2.45) is 5.10 Å². The van der Waals surface area contributed by atoms with Crippen molar-refractivity contribution in [2.75, 3.05) is 0 Å². The van der Waals surface area contributed by atoms with E-state index in [0.29, 0.717) is 10.6 Å². The molecule has 1 amide bonds. The molecule has 0 fully saturated rings. The van der Waals surface area contributed by atoms with Crippen molar-refractivity contribution in [3.05, 3.63) is 69.2 Å². The molecule has 21 heavy (non-hydrogen) atoms. The van der Waals surface area contributed by atoms with Crippen LogP contribution in [0.5, 0.6) is 0 Å². The molecule has 0 aliphatic rings. The second-order valence-corrected chi connectivity index (χ2v) is 5.40. The van der Waals surface area contributed by atoms with E-state index in [-0.39, 0.29) is 5.91 Å². The average molecular weight is 301 g/mol. The molecule has 108 valence electrons. The summed E-state index contributed by atoms with van der Waals surface area (Å²) >= 11 is 5.97. The minimum atomic E-state index is -0.320. The molecule has 0 heterocycles. The van der Waals surface area contributed by atoms with Gasteiger partial charge in [-0.15, -0.1) is 0 Å². The minimum Gasteiger partial charge on any atom is -0.267 e. The fourth-order valence-electron chi connectivity index (χ4n) is 2.26. The molecule has 4 heteroatoms. The molecular weight excluding hydrogens is 284 g/mol. The largest absolute Gasteiger partial charge is 0.272 e. The van der Waals surface area contributed by atoms with Crippen molar-refractivity contribution in [1.29, 1.82) is 0 Å². The molecular formula is C17H17ClN2O. The lowest BCUT2D eigenvalue weighted by molar-refractivity contribution is 0.0955. The zero-order valence-electron chi connectivity index (χ0n) is 12.3. The van der Waals surface area contributed by atoms with E-state index in [1.165, 1.54) is 5.56 Å². The SMILES string of the molecule is Cc1cc(C)c(/C=N/NC(=O)c2ccccc2Cl)c(C)c1. The predicted octanol–water partition coefficient (Wildman–Crippen LogP) is 4.03. The van der Waals surface area contributed by atoms with Gasteiger partial charge in [0.15, 0.2) is 0 Å². The van der Waals surface area contributed by atoms with Crippen LogP contribution in [-0.2, 0) is 0 Å². The number of hydrogen-bond donors (Lipinski definition) is 1. The number of amides is 1. The fraction of sp³-hybridized carbons (Fsp3) is 0.176. The number of halogens is 1. The number of nitrogens with one attached hydrogen (secondary N) is 1. The molecule has 0 bridgehead atoms. The van der Waals surface area contributed by atoms with Gasteiger partial charge in [-0.25, -0.2) is 5.43 Å². The van der Waals surface area contributed by atoms with E-state index in [2.05, 4.69) is 29.6 Å². The third kappa shape index (κ3) is 3.70. The van der Waals surface area contributed by atoms with Gasteiger partial charge < -0.3 is 0 Å². The highest BCUT2D eigenvalue weighted by Crippen LogP contribution is 2.15. The van der Waals surface area contributed by atoms with E-state index in [9.17, 15) is 4.79 Å². The summed E-state index contributed by atoms with van der Waals surface area (Å²) in [7, 11) is 0. The molecule has 0 spiro atoms. The molecule has 0 saturated heterocycles. The second kappa shape index (κ2) is 6.55. The average Bonchev–Trinajstić information content (AvgIpc) is 2.42. The second-order valence-electron chi connectivity index (χ2n) is 4.99. The predicted molar refractivity (Wildman–Crippen MR) is 87.2 cm³/mol. The summed E-state index contributed by atoms with van der Waals surface area (Å²) in [5.41, 5.74) is 7.39.